The largest absolute Gasteiger partial charge is 0.468 e. The second kappa shape index (κ2) is 8.79. The van der Waals surface area contributed by atoms with E-state index in [0.29, 0.717) is 12.4 Å². The zero-order valence-corrected chi connectivity index (χ0v) is 15.7. The van der Waals surface area contributed by atoms with Crippen LogP contribution in [0.15, 0.2) is 53.1 Å². The highest BCUT2D eigenvalue weighted by Crippen LogP contribution is 2.24. The lowest BCUT2D eigenvalue weighted by molar-refractivity contribution is -0.122. The molecule has 3 heterocycles. The maximum atomic E-state index is 12.4. The summed E-state index contributed by atoms with van der Waals surface area (Å²) in [6.45, 7) is 2.57. The Labute approximate surface area is 163 Å². The zero-order valence-electron chi connectivity index (χ0n) is 15.7. The highest BCUT2D eigenvalue weighted by atomic mass is 16.3. The summed E-state index contributed by atoms with van der Waals surface area (Å²) in [5.41, 5.74) is 0.872. The van der Waals surface area contributed by atoms with E-state index in [1.807, 2.05) is 42.5 Å². The third-order valence-electron chi connectivity index (χ3n) is 4.97. The first-order valence-corrected chi connectivity index (χ1v) is 9.67. The number of piperidine rings is 1. The summed E-state index contributed by atoms with van der Waals surface area (Å²) >= 11 is 0. The molecule has 8 heteroatoms. The van der Waals surface area contributed by atoms with Crippen LogP contribution in [0.25, 0.3) is 11.4 Å². The van der Waals surface area contributed by atoms with Crippen molar-refractivity contribution in [1.29, 1.82) is 0 Å². The molecule has 4 rings (SSSR count). The highest BCUT2D eigenvalue weighted by Gasteiger charge is 2.25. The third-order valence-corrected chi connectivity index (χ3v) is 4.97. The average Bonchev–Trinajstić information content (AvgIpc) is 3.42. The molecule has 1 atom stereocenters. The standard InChI is InChI=1S/C20H24N6O2/c27-19(15-26-23-20(22-24-26)16-8-3-1-4-9-16)21-14-17(18-10-7-13-28-18)25-11-5-2-6-12-25/h1,3-4,7-10,13,17H,2,5-6,11-12,14-15H2,(H,21,27). The topological polar surface area (TPSA) is 89.1 Å². The van der Waals surface area contributed by atoms with Crippen molar-refractivity contribution in [3.8, 4) is 11.4 Å². The number of aromatic nitrogens is 4. The van der Waals surface area contributed by atoms with Gasteiger partial charge in [0.2, 0.25) is 11.7 Å². The van der Waals surface area contributed by atoms with E-state index < -0.39 is 0 Å². The van der Waals surface area contributed by atoms with Gasteiger partial charge in [0.05, 0.1) is 12.3 Å². The van der Waals surface area contributed by atoms with E-state index in [4.69, 9.17) is 4.42 Å². The predicted octanol–water partition coefficient (Wildman–Crippen LogP) is 2.28. The van der Waals surface area contributed by atoms with Gasteiger partial charge in [-0.3, -0.25) is 9.69 Å². The third kappa shape index (κ3) is 4.45. The van der Waals surface area contributed by atoms with Crippen molar-refractivity contribution in [3.63, 3.8) is 0 Å². The molecular weight excluding hydrogens is 356 g/mol. The Kier molecular flexibility index (Phi) is 5.77. The van der Waals surface area contributed by atoms with Crippen LogP contribution < -0.4 is 5.32 Å². The van der Waals surface area contributed by atoms with Crippen LogP contribution in [0.3, 0.4) is 0 Å². The van der Waals surface area contributed by atoms with E-state index in [1.165, 1.54) is 24.1 Å². The lowest BCUT2D eigenvalue weighted by Gasteiger charge is -2.33. The molecule has 1 aliphatic heterocycles. The van der Waals surface area contributed by atoms with E-state index >= 15 is 0 Å². The van der Waals surface area contributed by atoms with Gasteiger partial charge in [0.25, 0.3) is 0 Å². The van der Waals surface area contributed by atoms with Crippen molar-refractivity contribution in [3.05, 3.63) is 54.5 Å². The molecule has 8 nitrogen and oxygen atoms in total. The summed E-state index contributed by atoms with van der Waals surface area (Å²) in [5, 5.41) is 15.3. The van der Waals surface area contributed by atoms with Crippen molar-refractivity contribution in [2.75, 3.05) is 19.6 Å². The number of likely N-dealkylation sites (tertiary alicyclic amines) is 1. The van der Waals surface area contributed by atoms with Crippen LogP contribution in [0.5, 0.6) is 0 Å². The molecule has 0 radical (unpaired) electrons. The number of hydrogen-bond acceptors (Lipinski definition) is 6. The van der Waals surface area contributed by atoms with Crippen LogP contribution >= 0.6 is 0 Å². The van der Waals surface area contributed by atoms with Crippen LogP contribution in [0.2, 0.25) is 0 Å². The molecular formula is C20H24N6O2. The summed E-state index contributed by atoms with van der Waals surface area (Å²) in [6, 6.07) is 13.5. The molecule has 3 aromatic rings. The van der Waals surface area contributed by atoms with E-state index in [9.17, 15) is 4.79 Å². The molecule has 1 aromatic carbocycles. The number of carbonyl (C=O) groups excluding carboxylic acids is 1. The first-order chi connectivity index (χ1) is 13.8. The van der Waals surface area contributed by atoms with Gasteiger partial charge in [0.15, 0.2) is 0 Å². The average molecular weight is 380 g/mol. The summed E-state index contributed by atoms with van der Waals surface area (Å²) in [6.07, 6.45) is 5.29. The van der Waals surface area contributed by atoms with Crippen molar-refractivity contribution in [2.24, 2.45) is 0 Å². The van der Waals surface area contributed by atoms with Gasteiger partial charge in [-0.05, 0) is 43.3 Å². The number of carbonyl (C=O) groups is 1. The molecule has 1 N–H and O–H groups in total. The fourth-order valence-electron chi connectivity index (χ4n) is 3.53. The minimum atomic E-state index is -0.148. The molecule has 2 aromatic heterocycles. The normalized spacial score (nSPS) is 16.0. The Bertz CT molecular complexity index is 871. The van der Waals surface area contributed by atoms with E-state index in [2.05, 4.69) is 25.6 Å². The number of benzene rings is 1. The molecule has 1 fully saturated rings. The Balaban J connectivity index is 1.35. The second-order valence-electron chi connectivity index (χ2n) is 6.94. The fraction of sp³-hybridized carbons (Fsp3) is 0.400. The lowest BCUT2D eigenvalue weighted by Crippen LogP contribution is -2.41. The molecule has 1 amide bonds. The highest BCUT2D eigenvalue weighted by molar-refractivity contribution is 5.75. The number of hydrogen-bond donors (Lipinski definition) is 1. The Morgan fingerprint density at radius 3 is 2.68 bits per heavy atom. The number of nitrogens with zero attached hydrogens (tertiary/aromatic N) is 5. The quantitative estimate of drug-likeness (QED) is 0.676. The number of rotatable bonds is 7. The van der Waals surface area contributed by atoms with Gasteiger partial charge in [-0.2, -0.15) is 4.80 Å². The van der Waals surface area contributed by atoms with E-state index in [-0.39, 0.29) is 18.5 Å². The smallest absolute Gasteiger partial charge is 0.243 e. The molecule has 0 saturated carbocycles. The number of furan rings is 1. The van der Waals surface area contributed by atoms with Crippen LogP contribution in [-0.2, 0) is 11.3 Å². The zero-order chi connectivity index (χ0) is 19.2. The molecule has 1 unspecified atom stereocenters. The van der Waals surface area contributed by atoms with Gasteiger partial charge in [-0.25, -0.2) is 0 Å². The number of amides is 1. The molecule has 0 spiro atoms. The molecule has 0 bridgehead atoms. The Morgan fingerprint density at radius 2 is 1.93 bits per heavy atom. The maximum absolute atomic E-state index is 12.4. The van der Waals surface area contributed by atoms with Gasteiger partial charge in [0.1, 0.15) is 12.3 Å². The van der Waals surface area contributed by atoms with Crippen LogP contribution in [0, 0.1) is 0 Å². The SMILES string of the molecule is O=C(Cn1nnc(-c2ccccc2)n1)NCC(c1ccco1)N1CCCCC1. The molecule has 1 aliphatic rings. The summed E-state index contributed by atoms with van der Waals surface area (Å²) in [4.78, 5) is 16.1. The minimum absolute atomic E-state index is 0.0324. The molecule has 0 aliphatic carbocycles. The summed E-state index contributed by atoms with van der Waals surface area (Å²) in [7, 11) is 0. The first kappa shape index (κ1) is 18.4. The molecule has 1 saturated heterocycles. The first-order valence-electron chi connectivity index (χ1n) is 9.67. The second-order valence-corrected chi connectivity index (χ2v) is 6.94. The lowest BCUT2D eigenvalue weighted by atomic mass is 10.1. The van der Waals surface area contributed by atoms with Crippen LogP contribution in [0.4, 0.5) is 0 Å². The van der Waals surface area contributed by atoms with Gasteiger partial charge in [-0.15, -0.1) is 10.2 Å². The van der Waals surface area contributed by atoms with Gasteiger partial charge >= 0.3 is 0 Å². The molecule has 146 valence electrons. The van der Waals surface area contributed by atoms with Crippen LogP contribution in [-0.4, -0.2) is 50.6 Å². The van der Waals surface area contributed by atoms with E-state index in [0.717, 1.165) is 24.4 Å². The monoisotopic (exact) mass is 380 g/mol. The minimum Gasteiger partial charge on any atom is -0.468 e. The number of tetrazole rings is 1. The van der Waals surface area contributed by atoms with Gasteiger partial charge in [0, 0.05) is 12.1 Å². The van der Waals surface area contributed by atoms with Crippen LogP contribution in [0.1, 0.15) is 31.1 Å². The predicted molar refractivity (Wildman–Crippen MR) is 103 cm³/mol. The van der Waals surface area contributed by atoms with E-state index in [1.54, 1.807) is 6.26 Å². The van der Waals surface area contributed by atoms with Crippen molar-refractivity contribution in [1.82, 2.24) is 30.4 Å². The summed E-state index contributed by atoms with van der Waals surface area (Å²) in [5.74, 6) is 1.24. The van der Waals surface area contributed by atoms with Crippen molar-refractivity contribution in [2.45, 2.75) is 31.8 Å². The summed E-state index contributed by atoms with van der Waals surface area (Å²) < 4.78 is 5.62. The molecule has 28 heavy (non-hydrogen) atoms. The Morgan fingerprint density at radius 1 is 1.11 bits per heavy atom. The van der Waals surface area contributed by atoms with Crippen molar-refractivity contribution < 1.29 is 9.21 Å². The fourth-order valence-corrected chi connectivity index (χ4v) is 3.53. The van der Waals surface area contributed by atoms with Gasteiger partial charge < -0.3 is 9.73 Å². The Hall–Kier alpha value is -3.00. The maximum Gasteiger partial charge on any atom is 0.243 e. The van der Waals surface area contributed by atoms with Crippen molar-refractivity contribution >= 4 is 5.91 Å². The number of nitrogens with one attached hydrogen (secondary N) is 1. The van der Waals surface area contributed by atoms with Gasteiger partial charge in [-0.1, -0.05) is 36.8 Å².